The van der Waals surface area contributed by atoms with E-state index in [-0.39, 0.29) is 5.92 Å². The molecule has 0 bridgehead atoms. The first kappa shape index (κ1) is 22.2. The Morgan fingerprint density at radius 1 is 0.800 bits per heavy atom. The minimum Gasteiger partial charge on any atom is -0.495 e. The molecular formula is C31H25N3O. The molecule has 1 unspecified atom stereocenters. The fourth-order valence-electron chi connectivity index (χ4n) is 5.17. The largest absolute Gasteiger partial charge is 0.495 e. The fourth-order valence-corrected chi connectivity index (χ4v) is 5.17. The van der Waals surface area contributed by atoms with Crippen molar-refractivity contribution in [3.63, 3.8) is 0 Å². The Bertz CT molecular complexity index is 1330. The smallest absolute Gasteiger partial charge is 0.136 e. The molecule has 0 aliphatic rings. The van der Waals surface area contributed by atoms with E-state index in [0.717, 1.165) is 27.9 Å². The third-order valence-electron chi connectivity index (χ3n) is 6.63. The number of H-pyrrole nitrogens is 1. The molecule has 5 rings (SSSR count). The molecule has 0 saturated heterocycles. The van der Waals surface area contributed by atoms with Gasteiger partial charge in [0.05, 0.1) is 24.4 Å². The van der Waals surface area contributed by atoms with Crippen LogP contribution in [-0.4, -0.2) is 17.1 Å². The van der Waals surface area contributed by atoms with Crippen LogP contribution in [0.2, 0.25) is 0 Å². The van der Waals surface area contributed by atoms with Gasteiger partial charge in [-0.05, 0) is 34.4 Å². The molecule has 1 N–H and O–H groups in total. The maximum Gasteiger partial charge on any atom is 0.136 e. The Hall–Kier alpha value is -4.62. The third-order valence-corrected chi connectivity index (χ3v) is 6.63. The van der Waals surface area contributed by atoms with Gasteiger partial charge >= 0.3 is 0 Å². The highest BCUT2D eigenvalue weighted by atomic mass is 16.5. The summed E-state index contributed by atoms with van der Waals surface area (Å²) in [6, 6.07) is 39.8. The topological polar surface area (TPSA) is 61.7 Å². The van der Waals surface area contributed by atoms with Gasteiger partial charge in [-0.1, -0.05) is 97.1 Å². The van der Waals surface area contributed by atoms with Crippen LogP contribution in [0.5, 0.6) is 5.75 Å². The van der Waals surface area contributed by atoms with Gasteiger partial charge in [0, 0.05) is 17.8 Å². The SMILES string of the molecule is COc1cc(C(c2cnc[nH]2)C(c2ccccc2)(c2ccccc2)c2ccccc2)ccc1C#N. The lowest BCUT2D eigenvalue weighted by Crippen LogP contribution is -2.37. The first-order valence-electron chi connectivity index (χ1n) is 11.5. The molecule has 5 aromatic rings. The van der Waals surface area contributed by atoms with Gasteiger partial charge in [-0.25, -0.2) is 4.98 Å². The fraction of sp³-hybridized carbons (Fsp3) is 0.0968. The average molecular weight is 456 g/mol. The van der Waals surface area contributed by atoms with E-state index in [1.807, 2.05) is 42.6 Å². The molecule has 0 radical (unpaired) electrons. The Kier molecular flexibility index (Phi) is 6.15. The standard InChI is InChI=1S/C31H25N3O/c1-35-29-19-23(17-18-24(29)20-32)30(28-21-33-22-34-28)31(25-11-5-2-6-12-25,26-13-7-3-8-14-26)27-15-9-4-10-16-27/h2-19,21-22,30H,1H3,(H,33,34). The molecule has 35 heavy (non-hydrogen) atoms. The van der Waals surface area contributed by atoms with Crippen LogP contribution < -0.4 is 4.74 Å². The van der Waals surface area contributed by atoms with Gasteiger partial charge in [-0.2, -0.15) is 5.26 Å². The second kappa shape index (κ2) is 9.70. The lowest BCUT2D eigenvalue weighted by molar-refractivity contribution is 0.411. The number of ether oxygens (including phenoxy) is 1. The number of aromatic amines is 1. The summed E-state index contributed by atoms with van der Waals surface area (Å²) in [7, 11) is 1.60. The molecule has 4 aromatic carbocycles. The van der Waals surface area contributed by atoms with Crippen molar-refractivity contribution in [2.75, 3.05) is 7.11 Å². The van der Waals surface area contributed by atoms with Crippen molar-refractivity contribution in [2.45, 2.75) is 11.3 Å². The van der Waals surface area contributed by atoms with Crippen molar-refractivity contribution in [1.29, 1.82) is 5.26 Å². The van der Waals surface area contributed by atoms with Gasteiger partial charge in [0.1, 0.15) is 11.8 Å². The van der Waals surface area contributed by atoms with Crippen LogP contribution in [0.3, 0.4) is 0 Å². The number of hydrogen-bond acceptors (Lipinski definition) is 3. The van der Waals surface area contributed by atoms with Crippen molar-refractivity contribution < 1.29 is 4.74 Å². The number of hydrogen-bond donors (Lipinski definition) is 1. The Morgan fingerprint density at radius 3 is 1.77 bits per heavy atom. The minimum absolute atomic E-state index is 0.196. The zero-order chi connectivity index (χ0) is 24.1. The van der Waals surface area contributed by atoms with Crippen LogP contribution in [0.1, 0.15) is 39.4 Å². The summed E-state index contributed by atoms with van der Waals surface area (Å²) in [6.07, 6.45) is 3.61. The second-order valence-corrected chi connectivity index (χ2v) is 8.42. The Balaban J connectivity index is 1.93. The molecule has 1 aromatic heterocycles. The van der Waals surface area contributed by atoms with Crippen molar-refractivity contribution in [2.24, 2.45) is 0 Å². The predicted molar refractivity (Wildman–Crippen MR) is 137 cm³/mol. The van der Waals surface area contributed by atoms with E-state index in [1.54, 1.807) is 13.4 Å². The maximum absolute atomic E-state index is 9.61. The van der Waals surface area contributed by atoms with Crippen molar-refractivity contribution in [3.8, 4) is 11.8 Å². The number of benzene rings is 4. The summed E-state index contributed by atoms with van der Waals surface area (Å²) in [5.41, 5.74) is 5.34. The molecule has 1 heterocycles. The van der Waals surface area contributed by atoms with Gasteiger partial charge in [-0.3, -0.25) is 0 Å². The highest BCUT2D eigenvalue weighted by Gasteiger charge is 2.46. The lowest BCUT2D eigenvalue weighted by atomic mass is 9.59. The molecule has 0 fully saturated rings. The zero-order valence-corrected chi connectivity index (χ0v) is 19.4. The number of aromatic nitrogens is 2. The maximum atomic E-state index is 9.61. The van der Waals surface area contributed by atoms with Crippen molar-refractivity contribution in [1.82, 2.24) is 9.97 Å². The van der Waals surface area contributed by atoms with Crippen LogP contribution in [0, 0.1) is 11.3 Å². The summed E-state index contributed by atoms with van der Waals surface area (Å²) in [5, 5.41) is 9.61. The van der Waals surface area contributed by atoms with E-state index in [9.17, 15) is 5.26 Å². The number of nitrogens with one attached hydrogen (secondary N) is 1. The highest BCUT2D eigenvalue weighted by Crippen LogP contribution is 2.52. The van der Waals surface area contributed by atoms with Gasteiger partial charge in [0.25, 0.3) is 0 Å². The molecule has 170 valence electrons. The van der Waals surface area contributed by atoms with E-state index >= 15 is 0 Å². The average Bonchev–Trinajstić information content (AvgIpc) is 3.47. The van der Waals surface area contributed by atoms with Crippen LogP contribution in [0.4, 0.5) is 0 Å². The number of nitrogens with zero attached hydrogens (tertiary/aromatic N) is 2. The minimum atomic E-state index is -0.602. The number of rotatable bonds is 7. The normalized spacial score (nSPS) is 12.0. The van der Waals surface area contributed by atoms with Crippen molar-refractivity contribution >= 4 is 0 Å². The second-order valence-electron chi connectivity index (χ2n) is 8.42. The summed E-state index contributed by atoms with van der Waals surface area (Å²) in [6.45, 7) is 0. The zero-order valence-electron chi connectivity index (χ0n) is 19.4. The molecule has 0 aliphatic carbocycles. The third kappa shape index (κ3) is 3.88. The van der Waals surface area contributed by atoms with E-state index in [4.69, 9.17) is 4.74 Å². The molecule has 4 nitrogen and oxygen atoms in total. The highest BCUT2D eigenvalue weighted by molar-refractivity contribution is 5.59. The monoisotopic (exact) mass is 455 g/mol. The first-order chi connectivity index (χ1) is 17.3. The van der Waals surface area contributed by atoms with Gasteiger partial charge in [0.15, 0.2) is 0 Å². The van der Waals surface area contributed by atoms with Crippen molar-refractivity contribution in [3.05, 3.63) is 155 Å². The van der Waals surface area contributed by atoms with Crippen LogP contribution >= 0.6 is 0 Å². The first-order valence-corrected chi connectivity index (χ1v) is 11.5. The van der Waals surface area contributed by atoms with E-state index < -0.39 is 5.41 Å². The van der Waals surface area contributed by atoms with E-state index in [1.165, 1.54) is 0 Å². The number of nitriles is 1. The molecule has 0 aliphatic heterocycles. The Morgan fingerprint density at radius 2 is 1.34 bits per heavy atom. The molecular weight excluding hydrogens is 430 g/mol. The van der Waals surface area contributed by atoms with Crippen LogP contribution in [0.25, 0.3) is 0 Å². The van der Waals surface area contributed by atoms with E-state index in [0.29, 0.717) is 11.3 Å². The Labute approximate surface area is 205 Å². The van der Waals surface area contributed by atoms with Gasteiger partial charge in [-0.15, -0.1) is 0 Å². The number of imidazole rings is 1. The molecule has 0 saturated carbocycles. The predicted octanol–water partition coefficient (Wildman–Crippen LogP) is 6.46. The summed E-state index contributed by atoms with van der Waals surface area (Å²) in [4.78, 5) is 7.80. The molecule has 1 atom stereocenters. The molecule has 0 spiro atoms. The van der Waals surface area contributed by atoms with E-state index in [2.05, 4.69) is 88.8 Å². The lowest BCUT2D eigenvalue weighted by Gasteiger charge is -2.43. The quantitative estimate of drug-likeness (QED) is 0.287. The van der Waals surface area contributed by atoms with Crippen LogP contribution in [-0.2, 0) is 5.41 Å². The molecule has 4 heteroatoms. The van der Waals surface area contributed by atoms with Gasteiger partial charge in [0.2, 0.25) is 0 Å². The number of methoxy groups -OCH3 is 1. The molecule has 0 amide bonds. The summed E-state index contributed by atoms with van der Waals surface area (Å²) < 4.78 is 5.63. The van der Waals surface area contributed by atoms with Gasteiger partial charge < -0.3 is 9.72 Å². The summed E-state index contributed by atoms with van der Waals surface area (Å²) in [5.74, 6) is 0.358. The summed E-state index contributed by atoms with van der Waals surface area (Å²) >= 11 is 0. The van der Waals surface area contributed by atoms with Crippen LogP contribution in [0.15, 0.2) is 122 Å².